The number of anilines is 4. The average Bonchev–Trinajstić information content (AvgIpc) is 2.50. The Bertz CT molecular complexity index is 883. The molecule has 1 aromatic heterocycles. The summed E-state index contributed by atoms with van der Waals surface area (Å²) >= 11 is 5.80. The second-order valence-corrected chi connectivity index (χ2v) is 5.87. The number of hydrogen-bond acceptors (Lipinski definition) is 4. The Hall–Kier alpha value is -2.66. The number of nitrogens with one attached hydrogen (secondary N) is 2. The molecule has 0 unspecified atom stereocenters. The fourth-order valence-corrected chi connectivity index (χ4v) is 2.44. The van der Waals surface area contributed by atoms with E-state index in [0.29, 0.717) is 17.5 Å². The molecule has 0 radical (unpaired) electrons. The first-order valence-corrected chi connectivity index (χ1v) is 7.79. The number of aryl methyl sites for hydroxylation is 2. The van der Waals surface area contributed by atoms with E-state index in [0.717, 1.165) is 16.9 Å². The summed E-state index contributed by atoms with van der Waals surface area (Å²) in [6, 6.07) is 14.2. The first-order valence-electron chi connectivity index (χ1n) is 7.41. The second-order valence-electron chi connectivity index (χ2n) is 5.47. The van der Waals surface area contributed by atoms with Crippen molar-refractivity contribution in [1.82, 2.24) is 9.97 Å². The molecule has 0 amide bonds. The van der Waals surface area contributed by atoms with Gasteiger partial charge in [0.2, 0.25) is 5.95 Å². The Kier molecular flexibility index (Phi) is 4.62. The quantitative estimate of drug-likeness (QED) is 0.669. The predicted octanol–water partition coefficient (Wildman–Crippen LogP) is 5.37. The van der Waals surface area contributed by atoms with E-state index in [1.54, 1.807) is 6.07 Å². The highest BCUT2D eigenvalue weighted by molar-refractivity contribution is 6.31. The maximum atomic E-state index is 13.2. The van der Waals surface area contributed by atoms with Gasteiger partial charge in [0, 0.05) is 23.1 Å². The molecule has 3 aromatic rings. The fraction of sp³-hybridized carbons (Fsp3) is 0.111. The van der Waals surface area contributed by atoms with Crippen molar-refractivity contribution in [3.8, 4) is 0 Å². The Labute approximate surface area is 144 Å². The first kappa shape index (κ1) is 16.2. The van der Waals surface area contributed by atoms with Gasteiger partial charge in [0.05, 0.1) is 5.02 Å². The van der Waals surface area contributed by atoms with Crippen molar-refractivity contribution in [2.75, 3.05) is 10.6 Å². The van der Waals surface area contributed by atoms with Crippen molar-refractivity contribution in [3.63, 3.8) is 0 Å². The summed E-state index contributed by atoms with van der Waals surface area (Å²) in [5.41, 5.74) is 3.53. The molecular formula is C18H16ClFN4. The van der Waals surface area contributed by atoms with Gasteiger partial charge in [0.25, 0.3) is 0 Å². The molecule has 2 N–H and O–H groups in total. The van der Waals surface area contributed by atoms with Crippen molar-refractivity contribution < 1.29 is 4.39 Å². The van der Waals surface area contributed by atoms with Gasteiger partial charge < -0.3 is 10.6 Å². The van der Waals surface area contributed by atoms with E-state index in [2.05, 4.69) is 20.6 Å². The van der Waals surface area contributed by atoms with Crippen LogP contribution in [0, 0.1) is 19.7 Å². The number of hydrogen-bond donors (Lipinski definition) is 2. The summed E-state index contributed by atoms with van der Waals surface area (Å²) in [5, 5.41) is 6.34. The minimum Gasteiger partial charge on any atom is -0.340 e. The van der Waals surface area contributed by atoms with Gasteiger partial charge in [-0.15, -0.1) is 0 Å². The van der Waals surface area contributed by atoms with E-state index in [-0.39, 0.29) is 5.02 Å². The minimum atomic E-state index is -0.464. The standard InChI is InChI=1S/C18H16ClFN4/c1-11-4-3-5-13(8-11)22-17-9-12(2)21-18(24-17)23-14-6-7-16(20)15(19)10-14/h3-10H,1-2H3,(H2,21,22,23,24). The van der Waals surface area contributed by atoms with Crippen LogP contribution >= 0.6 is 11.6 Å². The summed E-state index contributed by atoms with van der Waals surface area (Å²) in [7, 11) is 0. The van der Waals surface area contributed by atoms with Gasteiger partial charge in [-0.05, 0) is 49.7 Å². The molecule has 2 aromatic carbocycles. The smallest absolute Gasteiger partial charge is 0.229 e. The van der Waals surface area contributed by atoms with E-state index < -0.39 is 5.82 Å². The molecule has 0 fully saturated rings. The molecule has 0 saturated heterocycles. The monoisotopic (exact) mass is 342 g/mol. The highest BCUT2D eigenvalue weighted by Gasteiger charge is 2.06. The number of benzene rings is 2. The molecule has 24 heavy (non-hydrogen) atoms. The van der Waals surface area contributed by atoms with E-state index in [1.807, 2.05) is 44.2 Å². The maximum Gasteiger partial charge on any atom is 0.229 e. The van der Waals surface area contributed by atoms with Gasteiger partial charge in [0.1, 0.15) is 11.6 Å². The zero-order valence-corrected chi connectivity index (χ0v) is 14.0. The molecule has 0 spiro atoms. The number of halogens is 2. The molecular weight excluding hydrogens is 327 g/mol. The lowest BCUT2D eigenvalue weighted by molar-refractivity contribution is 0.628. The van der Waals surface area contributed by atoms with E-state index in [9.17, 15) is 4.39 Å². The lowest BCUT2D eigenvalue weighted by Crippen LogP contribution is -2.02. The Morgan fingerprint density at radius 2 is 1.71 bits per heavy atom. The third kappa shape index (κ3) is 4.00. The van der Waals surface area contributed by atoms with Crippen molar-refractivity contribution in [2.24, 2.45) is 0 Å². The highest BCUT2D eigenvalue weighted by Crippen LogP contribution is 2.23. The Morgan fingerprint density at radius 3 is 2.46 bits per heavy atom. The molecule has 0 aliphatic carbocycles. The fourth-order valence-electron chi connectivity index (χ4n) is 2.26. The third-order valence-corrected chi connectivity index (χ3v) is 3.61. The van der Waals surface area contributed by atoms with E-state index >= 15 is 0 Å². The van der Waals surface area contributed by atoms with Crippen molar-refractivity contribution in [2.45, 2.75) is 13.8 Å². The summed E-state index contributed by atoms with van der Waals surface area (Å²) in [5.74, 6) is 0.616. The van der Waals surface area contributed by atoms with Crippen molar-refractivity contribution in [3.05, 3.63) is 70.6 Å². The van der Waals surface area contributed by atoms with Crippen LogP contribution in [0.5, 0.6) is 0 Å². The first-order chi connectivity index (χ1) is 11.5. The van der Waals surface area contributed by atoms with Gasteiger partial charge in [-0.25, -0.2) is 9.37 Å². The van der Waals surface area contributed by atoms with Crippen LogP contribution in [0.2, 0.25) is 5.02 Å². The van der Waals surface area contributed by atoms with E-state index in [1.165, 1.54) is 12.1 Å². The molecule has 0 bridgehead atoms. The van der Waals surface area contributed by atoms with Crippen LogP contribution in [-0.2, 0) is 0 Å². The molecule has 122 valence electrons. The van der Waals surface area contributed by atoms with Crippen LogP contribution in [-0.4, -0.2) is 9.97 Å². The van der Waals surface area contributed by atoms with E-state index in [4.69, 9.17) is 11.6 Å². The predicted molar refractivity (Wildman–Crippen MR) is 95.9 cm³/mol. The SMILES string of the molecule is Cc1cccc(Nc2cc(C)nc(Nc3ccc(F)c(Cl)c3)n2)c1. The van der Waals surface area contributed by atoms with Crippen molar-refractivity contribution >= 4 is 34.7 Å². The number of rotatable bonds is 4. The molecule has 3 rings (SSSR count). The lowest BCUT2D eigenvalue weighted by atomic mass is 10.2. The largest absolute Gasteiger partial charge is 0.340 e. The van der Waals surface area contributed by atoms with Crippen LogP contribution in [0.25, 0.3) is 0 Å². The summed E-state index contributed by atoms with van der Waals surface area (Å²) in [4.78, 5) is 8.78. The average molecular weight is 343 g/mol. The topological polar surface area (TPSA) is 49.8 Å². The van der Waals surface area contributed by atoms with Crippen LogP contribution in [0.1, 0.15) is 11.3 Å². The molecule has 4 nitrogen and oxygen atoms in total. The van der Waals surface area contributed by atoms with Crippen LogP contribution in [0.3, 0.4) is 0 Å². The van der Waals surface area contributed by atoms with Crippen LogP contribution < -0.4 is 10.6 Å². The zero-order valence-electron chi connectivity index (χ0n) is 13.3. The molecule has 1 heterocycles. The van der Waals surface area contributed by atoms with Crippen LogP contribution in [0.15, 0.2) is 48.5 Å². The molecule has 6 heteroatoms. The second kappa shape index (κ2) is 6.84. The summed E-state index contributed by atoms with van der Waals surface area (Å²) in [6.45, 7) is 3.91. The molecule has 0 atom stereocenters. The summed E-state index contributed by atoms with van der Waals surface area (Å²) in [6.07, 6.45) is 0. The Morgan fingerprint density at radius 1 is 0.917 bits per heavy atom. The van der Waals surface area contributed by atoms with Gasteiger partial charge in [-0.1, -0.05) is 23.7 Å². The molecule has 0 aliphatic rings. The Balaban J connectivity index is 1.84. The molecule has 0 saturated carbocycles. The molecule has 0 aliphatic heterocycles. The maximum absolute atomic E-state index is 13.2. The number of nitrogens with zero attached hydrogens (tertiary/aromatic N) is 2. The van der Waals surface area contributed by atoms with Gasteiger partial charge >= 0.3 is 0 Å². The highest BCUT2D eigenvalue weighted by atomic mass is 35.5. The third-order valence-electron chi connectivity index (χ3n) is 3.32. The van der Waals surface area contributed by atoms with Gasteiger partial charge in [0.15, 0.2) is 0 Å². The lowest BCUT2D eigenvalue weighted by Gasteiger charge is -2.10. The minimum absolute atomic E-state index is 0.0470. The zero-order chi connectivity index (χ0) is 17.1. The van der Waals surface area contributed by atoms with Gasteiger partial charge in [-0.2, -0.15) is 4.98 Å². The van der Waals surface area contributed by atoms with Crippen molar-refractivity contribution in [1.29, 1.82) is 0 Å². The van der Waals surface area contributed by atoms with Gasteiger partial charge in [-0.3, -0.25) is 0 Å². The number of aromatic nitrogens is 2. The normalized spacial score (nSPS) is 10.5. The summed E-state index contributed by atoms with van der Waals surface area (Å²) < 4.78 is 13.2. The van der Waals surface area contributed by atoms with Crippen LogP contribution in [0.4, 0.5) is 27.5 Å².